The van der Waals surface area contributed by atoms with Gasteiger partial charge in [0.25, 0.3) is 0 Å². The van der Waals surface area contributed by atoms with Crippen molar-refractivity contribution in [2.45, 2.75) is 19.8 Å². The average Bonchev–Trinajstić information content (AvgIpc) is 3.05. The first-order valence-electron chi connectivity index (χ1n) is 7.68. The third kappa shape index (κ3) is 2.92. The van der Waals surface area contributed by atoms with Gasteiger partial charge in [-0.1, -0.05) is 0 Å². The molecule has 24 heavy (non-hydrogen) atoms. The molecule has 0 nitrogen and oxygen atoms in total. The van der Waals surface area contributed by atoms with Crippen molar-refractivity contribution >= 4 is 0 Å². The molecule has 0 fully saturated rings. The monoisotopic (exact) mass is 519 g/mol. The van der Waals surface area contributed by atoms with Gasteiger partial charge < -0.3 is 24.8 Å². The van der Waals surface area contributed by atoms with Crippen LogP contribution >= 0.6 is 0 Å². The van der Waals surface area contributed by atoms with E-state index in [2.05, 4.69) is 74.5 Å². The summed E-state index contributed by atoms with van der Waals surface area (Å²) in [7, 11) is 0. The molecule has 0 saturated heterocycles. The molecule has 0 saturated carbocycles. The number of hydrogen-bond donors (Lipinski definition) is 0. The summed E-state index contributed by atoms with van der Waals surface area (Å²) in [6, 6.07) is 17.8. The second-order valence-corrected chi connectivity index (χ2v) is 7.98. The molecule has 0 unspecified atom stereocenters. The minimum absolute atomic E-state index is 0. The molecule has 4 rings (SSSR count). The van der Waals surface area contributed by atoms with Crippen LogP contribution in [-0.4, -0.2) is 0 Å². The van der Waals surface area contributed by atoms with Crippen LogP contribution in [0, 0.1) is 0 Å². The minimum atomic E-state index is 0. The Balaban J connectivity index is 0.00000104. The predicted molar refractivity (Wildman–Crippen MR) is 88.3 cm³/mol. The van der Waals surface area contributed by atoms with Crippen LogP contribution in [0.2, 0.25) is 0 Å². The number of benzene rings is 2. The fourth-order valence-corrected chi connectivity index (χ4v) is 5.66. The van der Waals surface area contributed by atoms with Crippen LogP contribution in [0.5, 0.6) is 0 Å². The van der Waals surface area contributed by atoms with Gasteiger partial charge in [0.15, 0.2) is 0 Å². The number of hydrogen-bond acceptors (Lipinski definition) is 0. The van der Waals surface area contributed by atoms with Gasteiger partial charge in [0.05, 0.1) is 0 Å². The molecular formula is C21H17Cl2Hf. The van der Waals surface area contributed by atoms with Crippen molar-refractivity contribution in [2.24, 2.45) is 0 Å². The van der Waals surface area contributed by atoms with Crippen LogP contribution in [0.25, 0.3) is 11.1 Å². The molecule has 119 valence electrons. The zero-order chi connectivity index (χ0) is 15.3. The van der Waals surface area contributed by atoms with Crippen LogP contribution in [0.1, 0.15) is 30.9 Å². The largest absolute Gasteiger partial charge is 1.00 e. The number of halogens is 2. The van der Waals surface area contributed by atoms with E-state index in [1.165, 1.54) is 39.0 Å². The van der Waals surface area contributed by atoms with Crippen molar-refractivity contribution in [3.8, 4) is 11.1 Å². The smallest absolute Gasteiger partial charge is 1.00 e. The Kier molecular flexibility index (Phi) is 6.12. The predicted octanol–water partition coefficient (Wildman–Crippen LogP) is -0.486. The number of allylic oxidation sites excluding steroid dienone is 6. The topological polar surface area (TPSA) is 0 Å². The van der Waals surface area contributed by atoms with Crippen molar-refractivity contribution in [2.75, 3.05) is 0 Å². The van der Waals surface area contributed by atoms with Crippen LogP contribution in [0.15, 0.2) is 80.7 Å². The molecule has 0 amide bonds. The molecule has 0 aromatic heterocycles. The Morgan fingerprint density at radius 1 is 0.792 bits per heavy atom. The first kappa shape index (κ1) is 19.4. The maximum atomic E-state index is 2.36. The summed E-state index contributed by atoms with van der Waals surface area (Å²) in [5, 5.41) is 0. The zero-order valence-corrected chi connectivity index (χ0v) is 18.7. The first-order valence-corrected chi connectivity index (χ1v) is 9.48. The molecule has 0 heterocycles. The Morgan fingerprint density at radius 2 is 1.29 bits per heavy atom. The quantitative estimate of drug-likeness (QED) is 0.448. The molecule has 2 aliphatic carbocycles. The number of fused-ring (bicyclic) bond motifs is 3. The van der Waals surface area contributed by atoms with Gasteiger partial charge in [0.1, 0.15) is 0 Å². The maximum Gasteiger partial charge on any atom is -1.00 e. The fourth-order valence-electron chi connectivity index (χ4n) is 3.64. The van der Waals surface area contributed by atoms with Gasteiger partial charge >= 0.3 is 147 Å². The van der Waals surface area contributed by atoms with Crippen LogP contribution < -0.4 is 24.8 Å². The Hall–Kier alpha value is -0.890. The zero-order valence-electron chi connectivity index (χ0n) is 13.6. The van der Waals surface area contributed by atoms with Crippen molar-refractivity contribution in [1.82, 2.24) is 0 Å². The second kappa shape index (κ2) is 7.56. The summed E-state index contributed by atoms with van der Waals surface area (Å²) in [5.41, 5.74) is 10.1. The third-order valence-electron chi connectivity index (χ3n) is 4.67. The fraction of sp³-hybridized carbons (Fsp3) is 0.143. The second-order valence-electron chi connectivity index (χ2n) is 6.18. The first-order chi connectivity index (χ1) is 10.7. The van der Waals surface area contributed by atoms with E-state index in [4.69, 9.17) is 0 Å². The SMILES string of the molecule is CC(C)=C1C=CC(C2c3ccccc3-c3ccccc32)=[C]1[Hf+2].[Cl-].[Cl-]. The summed E-state index contributed by atoms with van der Waals surface area (Å²) >= 11 is 1.09. The third-order valence-corrected chi connectivity index (χ3v) is 6.68. The van der Waals surface area contributed by atoms with Crippen molar-refractivity contribution in [3.63, 3.8) is 0 Å². The van der Waals surface area contributed by atoms with E-state index >= 15 is 0 Å². The normalized spacial score (nSPS) is 14.9. The molecule has 0 bridgehead atoms. The summed E-state index contributed by atoms with van der Waals surface area (Å²) in [4.78, 5) is 0. The molecule has 0 aliphatic heterocycles. The molecule has 0 radical (unpaired) electrons. The van der Waals surface area contributed by atoms with Crippen LogP contribution in [-0.2, 0) is 24.4 Å². The Bertz CT molecular complexity index is 825. The van der Waals surface area contributed by atoms with Crippen molar-refractivity contribution < 1.29 is 49.2 Å². The van der Waals surface area contributed by atoms with E-state index < -0.39 is 0 Å². The van der Waals surface area contributed by atoms with E-state index in [1.807, 2.05) is 0 Å². The molecule has 2 aliphatic rings. The van der Waals surface area contributed by atoms with Crippen molar-refractivity contribution in [1.29, 1.82) is 0 Å². The standard InChI is InChI=1S/C21H17.2ClH.Hf/c1-14(2)15-11-12-16(13-15)21-19-9-5-3-7-17(19)18-8-4-6-10-20(18)21;;;/h3-12,21H,1-2H3;2*1H;/q;;;+2/p-2. The van der Waals surface area contributed by atoms with Gasteiger partial charge in [0, 0.05) is 0 Å². The molecule has 0 atom stereocenters. The molecule has 0 N–H and O–H groups in total. The molecule has 2 aromatic rings. The van der Waals surface area contributed by atoms with E-state index in [0.29, 0.717) is 5.92 Å². The molecular weight excluding hydrogens is 502 g/mol. The van der Waals surface area contributed by atoms with Gasteiger partial charge in [-0.05, 0) is 0 Å². The van der Waals surface area contributed by atoms with E-state index in [-0.39, 0.29) is 24.8 Å². The molecule has 3 heteroatoms. The summed E-state index contributed by atoms with van der Waals surface area (Å²) in [6.45, 7) is 4.44. The Labute approximate surface area is 171 Å². The van der Waals surface area contributed by atoms with Crippen molar-refractivity contribution in [3.05, 3.63) is 91.9 Å². The van der Waals surface area contributed by atoms with Gasteiger partial charge in [-0.2, -0.15) is 0 Å². The summed E-state index contributed by atoms with van der Waals surface area (Å²) < 4.78 is 1.57. The van der Waals surface area contributed by atoms with E-state index in [9.17, 15) is 0 Å². The molecule has 0 spiro atoms. The van der Waals surface area contributed by atoms with E-state index in [1.54, 1.807) is 3.33 Å². The minimum Gasteiger partial charge on any atom is -1.00 e. The van der Waals surface area contributed by atoms with Gasteiger partial charge in [-0.15, -0.1) is 0 Å². The summed E-state index contributed by atoms with van der Waals surface area (Å²) in [5.74, 6) is 0.410. The average molecular weight is 519 g/mol. The van der Waals surface area contributed by atoms with Gasteiger partial charge in [-0.25, -0.2) is 0 Å². The van der Waals surface area contributed by atoms with E-state index in [0.717, 1.165) is 24.4 Å². The Morgan fingerprint density at radius 3 is 1.75 bits per heavy atom. The number of rotatable bonds is 1. The van der Waals surface area contributed by atoms with Crippen LogP contribution in [0.4, 0.5) is 0 Å². The van der Waals surface area contributed by atoms with Gasteiger partial charge in [-0.3, -0.25) is 0 Å². The van der Waals surface area contributed by atoms with Gasteiger partial charge in [0.2, 0.25) is 0 Å². The molecule has 2 aromatic carbocycles. The summed E-state index contributed by atoms with van der Waals surface area (Å²) in [6.07, 6.45) is 4.67. The maximum absolute atomic E-state index is 2.36. The van der Waals surface area contributed by atoms with Crippen LogP contribution in [0.3, 0.4) is 0 Å².